The van der Waals surface area contributed by atoms with Gasteiger partial charge in [-0.15, -0.1) is 0 Å². The molecule has 176 valence electrons. The van der Waals surface area contributed by atoms with E-state index in [1.54, 1.807) is 0 Å². The van der Waals surface area contributed by atoms with Crippen molar-refractivity contribution in [1.29, 1.82) is 0 Å². The summed E-state index contributed by atoms with van der Waals surface area (Å²) in [5, 5.41) is 1.97. The van der Waals surface area contributed by atoms with E-state index < -0.39 is 55.2 Å². The largest absolute Gasteiger partial charge is 0.417 e. The molecule has 31 heavy (non-hydrogen) atoms. The fourth-order valence-electron chi connectivity index (χ4n) is 2.26. The number of primary amides is 1. The highest BCUT2D eigenvalue weighted by Crippen LogP contribution is 2.37. The monoisotopic (exact) mass is 472 g/mol. The van der Waals surface area contributed by atoms with E-state index in [1.165, 1.54) is 0 Å². The van der Waals surface area contributed by atoms with Crippen molar-refractivity contribution in [2.24, 2.45) is 5.73 Å². The van der Waals surface area contributed by atoms with Crippen molar-refractivity contribution in [2.75, 3.05) is 6.61 Å². The van der Waals surface area contributed by atoms with Crippen molar-refractivity contribution in [3.63, 3.8) is 0 Å². The van der Waals surface area contributed by atoms with Crippen LogP contribution in [0.1, 0.15) is 48.7 Å². The summed E-state index contributed by atoms with van der Waals surface area (Å²) in [7, 11) is -2.18. The molecule has 1 atom stereocenters. The maximum Gasteiger partial charge on any atom is 0.416 e. The zero-order chi connectivity index (χ0) is 24.4. The first kappa shape index (κ1) is 27.0. The molecule has 0 aliphatic heterocycles. The molecule has 0 heterocycles. The van der Waals surface area contributed by atoms with Gasteiger partial charge >= 0.3 is 12.4 Å². The zero-order valence-corrected chi connectivity index (χ0v) is 18.8. The number of halogens is 6. The summed E-state index contributed by atoms with van der Waals surface area (Å²) in [6.45, 7) is 9.88. The summed E-state index contributed by atoms with van der Waals surface area (Å²) in [5.41, 5.74) is 1.08. The van der Waals surface area contributed by atoms with Crippen LogP contribution in [-0.4, -0.2) is 32.8 Å². The van der Waals surface area contributed by atoms with Crippen molar-refractivity contribution < 1.29 is 40.4 Å². The fourth-order valence-corrected chi connectivity index (χ4v) is 3.32. The van der Waals surface area contributed by atoms with Gasteiger partial charge in [0.15, 0.2) is 8.32 Å². The molecular weight excluding hydrogens is 446 g/mol. The lowest BCUT2D eigenvalue weighted by Gasteiger charge is -2.36. The molecule has 0 spiro atoms. The number of amides is 2. The van der Waals surface area contributed by atoms with E-state index in [0.717, 1.165) is 0 Å². The Labute approximate surface area is 177 Å². The minimum Gasteiger partial charge on any atom is -0.417 e. The molecule has 2 amide bonds. The minimum absolute atomic E-state index is 0.0285. The minimum atomic E-state index is -5.10. The highest BCUT2D eigenvalue weighted by Gasteiger charge is 2.39. The molecule has 1 aromatic carbocycles. The van der Waals surface area contributed by atoms with Crippen LogP contribution >= 0.6 is 0 Å². The molecule has 0 saturated carbocycles. The van der Waals surface area contributed by atoms with E-state index in [0.29, 0.717) is 0 Å². The van der Waals surface area contributed by atoms with Crippen LogP contribution in [0, 0.1) is 0 Å². The summed E-state index contributed by atoms with van der Waals surface area (Å²) in [6.07, 6.45) is -10.3. The first-order chi connectivity index (χ1) is 13.8. The molecule has 0 aliphatic carbocycles. The Kier molecular flexibility index (Phi) is 7.99. The normalized spacial score (nSPS) is 14.3. The van der Waals surface area contributed by atoms with Gasteiger partial charge in [0.1, 0.15) is 6.04 Å². The van der Waals surface area contributed by atoms with Crippen LogP contribution in [0.15, 0.2) is 18.2 Å². The van der Waals surface area contributed by atoms with Crippen molar-refractivity contribution in [1.82, 2.24) is 5.32 Å². The smallest absolute Gasteiger partial charge is 0.416 e. The van der Waals surface area contributed by atoms with Crippen LogP contribution in [-0.2, 0) is 21.6 Å². The third kappa shape index (κ3) is 7.53. The number of hydrogen-bond acceptors (Lipinski definition) is 3. The lowest BCUT2D eigenvalue weighted by Crippen LogP contribution is -2.47. The molecule has 0 radical (unpaired) electrons. The molecule has 0 fully saturated rings. The maximum atomic E-state index is 13.0. The summed E-state index contributed by atoms with van der Waals surface area (Å²) < 4.78 is 83.7. The van der Waals surface area contributed by atoms with Crippen LogP contribution in [0.5, 0.6) is 0 Å². The van der Waals surface area contributed by atoms with E-state index in [9.17, 15) is 35.9 Å². The first-order valence-corrected chi connectivity index (χ1v) is 12.2. The lowest BCUT2D eigenvalue weighted by molar-refractivity contribution is -0.143. The van der Waals surface area contributed by atoms with Gasteiger partial charge in [-0.05, 0) is 42.8 Å². The summed E-state index contributed by atoms with van der Waals surface area (Å²) in [6, 6.07) is -0.847. The van der Waals surface area contributed by atoms with E-state index >= 15 is 0 Å². The highest BCUT2D eigenvalue weighted by atomic mass is 28.4. The average Bonchev–Trinajstić information content (AvgIpc) is 2.57. The SMILES string of the molecule is CC(C)(C)[Si](C)(C)OCC[C@H](NC(=O)c1cc(C(F)(F)F)cc(C(F)(F)F)c1)C(N)=O. The number of alkyl halides is 6. The predicted molar refractivity (Wildman–Crippen MR) is 105 cm³/mol. The van der Waals surface area contributed by atoms with Gasteiger partial charge in [0.2, 0.25) is 5.91 Å². The van der Waals surface area contributed by atoms with Gasteiger partial charge in [0, 0.05) is 12.2 Å². The standard InChI is InChI=1S/C19H26F6N2O3Si/c1-17(2,3)31(4,5)30-7-6-14(15(26)28)27-16(29)11-8-12(18(20,21)22)10-13(9-11)19(23,24)25/h8-10,14H,6-7H2,1-5H3,(H2,26,28)(H,27,29)/t14-/m0/s1. The molecule has 0 aromatic heterocycles. The van der Waals surface area contributed by atoms with Crippen LogP contribution in [0.3, 0.4) is 0 Å². The second-order valence-corrected chi connectivity index (χ2v) is 13.4. The number of hydrogen-bond donors (Lipinski definition) is 2. The number of nitrogens with two attached hydrogens (primary N) is 1. The van der Waals surface area contributed by atoms with Crippen molar-refractivity contribution >= 4 is 20.1 Å². The Balaban J connectivity index is 3.06. The van der Waals surface area contributed by atoms with E-state index in [1.807, 2.05) is 33.9 Å². The predicted octanol–water partition coefficient (Wildman–Crippen LogP) is 4.72. The number of benzene rings is 1. The molecule has 0 saturated heterocycles. The third-order valence-corrected chi connectivity index (χ3v) is 9.71. The number of rotatable bonds is 7. The van der Waals surface area contributed by atoms with Gasteiger partial charge in [0.25, 0.3) is 5.91 Å². The van der Waals surface area contributed by atoms with Gasteiger partial charge in [0.05, 0.1) is 11.1 Å². The summed E-state index contributed by atoms with van der Waals surface area (Å²) in [4.78, 5) is 24.0. The third-order valence-electron chi connectivity index (χ3n) is 5.17. The van der Waals surface area contributed by atoms with Gasteiger partial charge in [-0.25, -0.2) is 0 Å². The van der Waals surface area contributed by atoms with Gasteiger partial charge < -0.3 is 15.5 Å². The fraction of sp³-hybridized carbons (Fsp3) is 0.579. The van der Waals surface area contributed by atoms with Crippen molar-refractivity contribution in [3.8, 4) is 0 Å². The number of carbonyl (C=O) groups excluding carboxylic acids is 2. The Morgan fingerprint density at radius 2 is 1.45 bits per heavy atom. The topological polar surface area (TPSA) is 81.4 Å². The Morgan fingerprint density at radius 3 is 1.81 bits per heavy atom. The molecule has 1 rings (SSSR count). The molecular formula is C19H26F6N2O3Si. The second kappa shape index (κ2) is 9.19. The van der Waals surface area contributed by atoms with E-state index in [-0.39, 0.29) is 36.3 Å². The second-order valence-electron chi connectivity index (χ2n) is 8.62. The Hall–Kier alpha value is -2.08. The molecule has 3 N–H and O–H groups in total. The molecule has 1 aromatic rings. The van der Waals surface area contributed by atoms with Crippen molar-refractivity contribution in [2.45, 2.75) is 63.7 Å². The Morgan fingerprint density at radius 1 is 1.00 bits per heavy atom. The number of nitrogens with one attached hydrogen (secondary N) is 1. The van der Waals surface area contributed by atoms with Gasteiger partial charge in [-0.2, -0.15) is 26.3 Å². The van der Waals surface area contributed by atoms with Gasteiger partial charge in [-0.1, -0.05) is 20.8 Å². The molecule has 0 bridgehead atoms. The van der Waals surface area contributed by atoms with Crippen molar-refractivity contribution in [3.05, 3.63) is 34.9 Å². The van der Waals surface area contributed by atoms with Crippen LogP contribution in [0.4, 0.5) is 26.3 Å². The maximum absolute atomic E-state index is 13.0. The van der Waals surface area contributed by atoms with Gasteiger partial charge in [-0.3, -0.25) is 9.59 Å². The summed E-state index contributed by atoms with van der Waals surface area (Å²) in [5.74, 6) is -2.28. The van der Waals surface area contributed by atoms with Crippen LogP contribution in [0.2, 0.25) is 18.1 Å². The van der Waals surface area contributed by atoms with E-state index in [4.69, 9.17) is 10.2 Å². The number of carbonyl (C=O) groups is 2. The van der Waals surface area contributed by atoms with Crippen LogP contribution in [0.25, 0.3) is 0 Å². The lowest BCUT2D eigenvalue weighted by atomic mass is 10.0. The molecule has 5 nitrogen and oxygen atoms in total. The molecule has 12 heteroatoms. The average molecular weight is 473 g/mol. The zero-order valence-electron chi connectivity index (χ0n) is 17.8. The molecule has 0 aliphatic rings. The highest BCUT2D eigenvalue weighted by molar-refractivity contribution is 6.74. The first-order valence-electron chi connectivity index (χ1n) is 9.29. The molecule has 0 unspecified atom stereocenters. The quantitative estimate of drug-likeness (QED) is 0.445. The van der Waals surface area contributed by atoms with E-state index in [2.05, 4.69) is 5.32 Å². The summed E-state index contributed by atoms with van der Waals surface area (Å²) >= 11 is 0. The van der Waals surface area contributed by atoms with Crippen LogP contribution < -0.4 is 11.1 Å². The Bertz CT molecular complexity index is 784.